The molecule has 0 unspecified atom stereocenters. The Morgan fingerprint density at radius 3 is 2.55 bits per heavy atom. The molecule has 0 bridgehead atoms. The highest BCUT2D eigenvalue weighted by molar-refractivity contribution is 7.72. The average Bonchev–Trinajstić information content (AvgIpc) is 3.06. The number of carbonyl (C=O) groups is 1. The van der Waals surface area contributed by atoms with Crippen LogP contribution in [0.15, 0.2) is 36.5 Å². The zero-order valence-corrected chi connectivity index (χ0v) is 17.4. The van der Waals surface area contributed by atoms with Crippen molar-refractivity contribution in [3.63, 3.8) is 0 Å². The molecule has 0 radical (unpaired) electrons. The number of alkyl halides is 3. The summed E-state index contributed by atoms with van der Waals surface area (Å²) in [4.78, 5) is 15.9. The molecule has 166 valence electrons. The molecule has 3 aromatic rings. The molecule has 0 aliphatic heterocycles. The van der Waals surface area contributed by atoms with Crippen molar-refractivity contribution < 1.29 is 31.5 Å². The van der Waals surface area contributed by atoms with Crippen LogP contribution < -0.4 is 5.32 Å². The van der Waals surface area contributed by atoms with Crippen LogP contribution in [0, 0.1) is 0 Å². The van der Waals surface area contributed by atoms with E-state index < -0.39 is 39.8 Å². The second-order valence-corrected chi connectivity index (χ2v) is 8.44. The van der Waals surface area contributed by atoms with Gasteiger partial charge < -0.3 is 10.4 Å². The molecule has 0 saturated carbocycles. The first-order valence-electron chi connectivity index (χ1n) is 9.06. The molecule has 31 heavy (non-hydrogen) atoms. The van der Waals surface area contributed by atoms with E-state index in [2.05, 4.69) is 15.4 Å². The number of benzene rings is 1. The van der Waals surface area contributed by atoms with E-state index >= 15 is 0 Å². The first kappa shape index (κ1) is 22.7. The highest BCUT2D eigenvalue weighted by atomic mass is 32.2. The summed E-state index contributed by atoms with van der Waals surface area (Å²) in [7, 11) is -2.58. The Morgan fingerprint density at radius 2 is 1.94 bits per heavy atom. The first-order valence-corrected chi connectivity index (χ1v) is 10.4. The van der Waals surface area contributed by atoms with Gasteiger partial charge in [-0.25, -0.2) is 13.4 Å². The molecular weight excluding hydrogens is 437 g/mol. The predicted octanol–water partition coefficient (Wildman–Crippen LogP) is 2.54. The van der Waals surface area contributed by atoms with Crippen LogP contribution in [0.1, 0.15) is 35.6 Å². The predicted molar refractivity (Wildman–Crippen MR) is 107 cm³/mol. The minimum Gasteiger partial charge on any atom is -0.386 e. The average molecular weight is 456 g/mol. The van der Waals surface area contributed by atoms with Gasteiger partial charge in [0.1, 0.15) is 22.1 Å². The van der Waals surface area contributed by atoms with E-state index in [1.54, 1.807) is 6.20 Å². The summed E-state index contributed by atoms with van der Waals surface area (Å²) in [5.74, 6) is -0.987. The number of pyridine rings is 1. The number of nitrogens with one attached hydrogen (secondary N) is 1. The third-order valence-corrected chi connectivity index (χ3v) is 4.95. The fourth-order valence-corrected chi connectivity index (χ4v) is 3.30. The van der Waals surface area contributed by atoms with Crippen molar-refractivity contribution in [2.24, 2.45) is 0 Å². The third kappa shape index (κ3) is 5.39. The van der Waals surface area contributed by atoms with Crippen molar-refractivity contribution in [1.29, 1.82) is 0 Å². The van der Waals surface area contributed by atoms with Crippen LogP contribution in [-0.2, 0) is 29.0 Å². The summed E-state index contributed by atoms with van der Waals surface area (Å²) < 4.78 is 61.7. The van der Waals surface area contributed by atoms with Gasteiger partial charge in [-0.1, -0.05) is 6.07 Å². The number of aliphatic hydroxyl groups is 1. The number of hydrogen-bond acceptors (Lipinski definition) is 6. The molecule has 0 fully saturated rings. The Hall–Kier alpha value is -2.99. The molecule has 0 saturated heterocycles. The van der Waals surface area contributed by atoms with Crippen molar-refractivity contribution in [1.82, 2.24) is 14.8 Å². The van der Waals surface area contributed by atoms with Crippen molar-refractivity contribution in [2.75, 3.05) is 11.1 Å². The molecule has 1 aromatic carbocycles. The van der Waals surface area contributed by atoms with E-state index in [1.807, 2.05) is 0 Å². The maximum absolute atomic E-state index is 12.9. The van der Waals surface area contributed by atoms with Crippen molar-refractivity contribution in [2.45, 2.75) is 32.2 Å². The Morgan fingerprint density at radius 1 is 1.23 bits per heavy atom. The number of fused-ring (bicyclic) bond motifs is 1. The number of amides is 1. The number of nitrogens with zero attached hydrogens (tertiary/aromatic N) is 3. The Labute approximate surface area is 176 Å². The summed E-state index contributed by atoms with van der Waals surface area (Å²) in [5, 5.41) is 17.8. The third-order valence-electron chi connectivity index (χ3n) is 4.38. The van der Waals surface area contributed by atoms with Crippen LogP contribution in [0.25, 0.3) is 10.9 Å². The summed E-state index contributed by atoms with van der Waals surface area (Å²) in [6.45, 7) is 3.08. The molecule has 2 heterocycles. The lowest BCUT2D eigenvalue weighted by molar-refractivity contribution is -0.141. The van der Waals surface area contributed by atoms with Crippen LogP contribution in [-0.4, -0.2) is 39.9 Å². The zero-order valence-electron chi connectivity index (χ0n) is 16.5. The standard InChI is InChI=1S/C19H19F3N4O4S/c1-18(2,28)12-9-14-11(10-26(25-14)6-7-31(29)30)8-15(12)24-17(27)13-4-3-5-16(23-13)19(20,21)22/h3-5,8-10,28,31H,6-7H2,1-2H3,(H,24,27). The van der Waals surface area contributed by atoms with E-state index in [-0.39, 0.29) is 23.5 Å². The maximum Gasteiger partial charge on any atom is 0.433 e. The smallest absolute Gasteiger partial charge is 0.386 e. The van der Waals surface area contributed by atoms with Crippen LogP contribution in [0.2, 0.25) is 0 Å². The van der Waals surface area contributed by atoms with Crippen LogP contribution in [0.3, 0.4) is 0 Å². The van der Waals surface area contributed by atoms with Gasteiger partial charge in [-0.05, 0) is 38.1 Å². The Bertz CT molecular complexity index is 1210. The van der Waals surface area contributed by atoms with Crippen LogP contribution >= 0.6 is 0 Å². The summed E-state index contributed by atoms with van der Waals surface area (Å²) in [6, 6.07) is 6.02. The molecule has 8 nitrogen and oxygen atoms in total. The highest BCUT2D eigenvalue weighted by Crippen LogP contribution is 2.32. The molecule has 2 aromatic heterocycles. The zero-order chi connectivity index (χ0) is 23.0. The van der Waals surface area contributed by atoms with Crippen molar-refractivity contribution in [3.8, 4) is 0 Å². The SMILES string of the molecule is CC(C)(O)c1cc2nn(CC[SH](=O)=O)cc2cc1NC(=O)c1cccc(C(F)(F)F)n1. The minimum atomic E-state index is -4.70. The van der Waals surface area contributed by atoms with Gasteiger partial charge in [-0.15, -0.1) is 0 Å². The largest absolute Gasteiger partial charge is 0.433 e. The lowest BCUT2D eigenvalue weighted by Crippen LogP contribution is -2.22. The number of aryl methyl sites for hydroxylation is 1. The molecule has 2 N–H and O–H groups in total. The van der Waals surface area contributed by atoms with Crippen molar-refractivity contribution >= 4 is 33.2 Å². The van der Waals surface area contributed by atoms with E-state index in [0.29, 0.717) is 10.9 Å². The van der Waals surface area contributed by atoms with Gasteiger partial charge in [0.25, 0.3) is 5.91 Å². The molecular formula is C19H19F3N4O4S. The monoisotopic (exact) mass is 456 g/mol. The number of carbonyl (C=O) groups excluding carboxylic acids is 1. The van der Waals surface area contributed by atoms with Gasteiger partial charge >= 0.3 is 6.18 Å². The molecule has 1 amide bonds. The minimum absolute atomic E-state index is 0.105. The number of anilines is 1. The van der Waals surface area contributed by atoms with Crippen molar-refractivity contribution in [3.05, 3.63) is 53.5 Å². The normalized spacial score (nSPS) is 12.5. The number of thiol groups is 1. The molecule has 0 aliphatic carbocycles. The van der Waals surface area contributed by atoms with Gasteiger partial charge in [0.05, 0.1) is 23.4 Å². The number of hydrogen-bond donors (Lipinski definition) is 3. The second kappa shape index (κ2) is 8.27. The van der Waals surface area contributed by atoms with E-state index in [9.17, 15) is 31.5 Å². The molecule has 0 spiro atoms. The number of aromatic nitrogens is 3. The number of rotatable bonds is 6. The first-order chi connectivity index (χ1) is 14.3. The fraction of sp³-hybridized carbons (Fsp3) is 0.316. The Kier molecular flexibility index (Phi) is 6.05. The van der Waals surface area contributed by atoms with Crippen LogP contribution in [0.4, 0.5) is 18.9 Å². The maximum atomic E-state index is 12.9. The van der Waals surface area contributed by atoms with Gasteiger partial charge in [-0.2, -0.15) is 18.3 Å². The molecule has 0 aliphatic rings. The second-order valence-electron chi connectivity index (χ2n) is 7.32. The molecule has 3 rings (SSSR count). The fourth-order valence-electron chi connectivity index (χ4n) is 2.94. The summed E-state index contributed by atoms with van der Waals surface area (Å²) >= 11 is 0. The van der Waals surface area contributed by atoms with Gasteiger partial charge in [-0.3, -0.25) is 9.48 Å². The van der Waals surface area contributed by atoms with E-state index in [1.165, 1.54) is 30.7 Å². The lowest BCUT2D eigenvalue weighted by atomic mass is 9.95. The Balaban J connectivity index is 1.99. The van der Waals surface area contributed by atoms with Crippen LogP contribution in [0.5, 0.6) is 0 Å². The molecule has 0 atom stereocenters. The highest BCUT2D eigenvalue weighted by Gasteiger charge is 2.33. The lowest BCUT2D eigenvalue weighted by Gasteiger charge is -2.22. The summed E-state index contributed by atoms with van der Waals surface area (Å²) in [5.41, 5.74) is -2.16. The quantitative estimate of drug-likeness (QED) is 0.491. The summed E-state index contributed by atoms with van der Waals surface area (Å²) in [6.07, 6.45) is -3.13. The van der Waals surface area contributed by atoms with Gasteiger partial charge in [0.15, 0.2) is 0 Å². The van der Waals surface area contributed by atoms with Gasteiger partial charge in [0, 0.05) is 22.8 Å². The van der Waals surface area contributed by atoms with Gasteiger partial charge in [0.2, 0.25) is 0 Å². The number of halogens is 3. The van der Waals surface area contributed by atoms with E-state index in [0.717, 1.165) is 18.2 Å². The molecule has 12 heteroatoms. The van der Waals surface area contributed by atoms with E-state index in [4.69, 9.17) is 0 Å². The topological polar surface area (TPSA) is 114 Å².